The summed E-state index contributed by atoms with van der Waals surface area (Å²) in [6.45, 7) is 5.40. The fraction of sp³-hybridized carbons (Fsp3) is 0.611. The molecule has 1 aliphatic rings. The zero-order chi connectivity index (χ0) is 17.0. The molecule has 142 valence electrons. The van der Waals surface area contributed by atoms with Crippen molar-refractivity contribution in [2.45, 2.75) is 31.4 Å². The van der Waals surface area contributed by atoms with E-state index in [-0.39, 0.29) is 24.0 Å². The van der Waals surface area contributed by atoms with Gasteiger partial charge in [-0.25, -0.2) is 0 Å². The maximum atomic E-state index is 5.73. The van der Waals surface area contributed by atoms with E-state index in [1.54, 1.807) is 7.11 Å². The Bertz CT molecular complexity index is 494. The van der Waals surface area contributed by atoms with E-state index in [9.17, 15) is 0 Å². The van der Waals surface area contributed by atoms with Gasteiger partial charge in [0.05, 0.1) is 20.3 Å². The Labute approximate surface area is 172 Å². The Hall–Kier alpha value is -0.830. The van der Waals surface area contributed by atoms with Crippen LogP contribution in [0.4, 0.5) is 0 Å². The van der Waals surface area contributed by atoms with Crippen LogP contribution in [0.25, 0.3) is 0 Å². The van der Waals surface area contributed by atoms with Gasteiger partial charge in [-0.3, -0.25) is 4.99 Å². The van der Waals surface area contributed by atoms with Crippen molar-refractivity contribution in [1.82, 2.24) is 10.6 Å². The molecular formula is C18H30IN3O2S. The molecule has 0 radical (unpaired) electrons. The average molecular weight is 479 g/mol. The van der Waals surface area contributed by atoms with E-state index >= 15 is 0 Å². The minimum atomic E-state index is 0. The van der Waals surface area contributed by atoms with E-state index in [2.05, 4.69) is 22.5 Å². The van der Waals surface area contributed by atoms with Gasteiger partial charge in [-0.2, -0.15) is 11.8 Å². The van der Waals surface area contributed by atoms with E-state index < -0.39 is 0 Å². The smallest absolute Gasteiger partial charge is 0.191 e. The first-order valence-electron chi connectivity index (χ1n) is 8.72. The summed E-state index contributed by atoms with van der Waals surface area (Å²) in [6.07, 6.45) is 3.55. The molecule has 1 atom stereocenters. The van der Waals surface area contributed by atoms with E-state index in [1.807, 2.05) is 36.0 Å². The predicted molar refractivity (Wildman–Crippen MR) is 118 cm³/mol. The quantitative estimate of drug-likeness (QED) is 0.246. The van der Waals surface area contributed by atoms with Crippen LogP contribution in [0.3, 0.4) is 0 Å². The van der Waals surface area contributed by atoms with Crippen molar-refractivity contribution in [3.63, 3.8) is 0 Å². The lowest BCUT2D eigenvalue weighted by molar-refractivity contribution is 0.310. The Morgan fingerprint density at radius 1 is 1.24 bits per heavy atom. The fourth-order valence-electron chi connectivity index (χ4n) is 2.46. The second-order valence-corrected chi connectivity index (χ2v) is 7.07. The first-order valence-corrected chi connectivity index (χ1v) is 9.77. The van der Waals surface area contributed by atoms with Gasteiger partial charge >= 0.3 is 0 Å². The summed E-state index contributed by atoms with van der Waals surface area (Å²) in [4.78, 5) is 4.69. The molecule has 0 spiro atoms. The normalized spacial score (nSPS) is 16.9. The maximum Gasteiger partial charge on any atom is 0.191 e. The van der Waals surface area contributed by atoms with Crippen LogP contribution in [-0.4, -0.2) is 50.3 Å². The summed E-state index contributed by atoms with van der Waals surface area (Å²) >= 11 is 2.04. The molecule has 1 unspecified atom stereocenters. The molecule has 1 heterocycles. The lowest BCUT2D eigenvalue weighted by Crippen LogP contribution is -2.38. The van der Waals surface area contributed by atoms with Crippen molar-refractivity contribution in [1.29, 1.82) is 0 Å². The van der Waals surface area contributed by atoms with Crippen LogP contribution in [0.15, 0.2) is 29.3 Å². The molecule has 25 heavy (non-hydrogen) atoms. The molecule has 0 bridgehead atoms. The van der Waals surface area contributed by atoms with Gasteiger partial charge in [-0.15, -0.1) is 24.0 Å². The summed E-state index contributed by atoms with van der Waals surface area (Å²) in [6, 6.07) is 7.67. The van der Waals surface area contributed by atoms with Gasteiger partial charge in [-0.1, -0.05) is 0 Å². The number of aliphatic imine (C=N–C) groups is 1. The monoisotopic (exact) mass is 479 g/mol. The lowest BCUT2D eigenvalue weighted by atomic mass is 10.2. The molecule has 1 aromatic carbocycles. The van der Waals surface area contributed by atoms with Crippen LogP contribution in [-0.2, 0) is 0 Å². The van der Waals surface area contributed by atoms with Crippen molar-refractivity contribution in [2.24, 2.45) is 4.99 Å². The topological polar surface area (TPSA) is 54.9 Å². The number of halogens is 1. The Balaban J connectivity index is 0.00000312. The maximum absolute atomic E-state index is 5.73. The Morgan fingerprint density at radius 2 is 2.00 bits per heavy atom. The average Bonchev–Trinajstić information content (AvgIpc) is 3.13. The highest BCUT2D eigenvalue weighted by Gasteiger charge is 2.14. The highest BCUT2D eigenvalue weighted by atomic mass is 127. The summed E-state index contributed by atoms with van der Waals surface area (Å²) in [5.41, 5.74) is 0. The number of benzene rings is 1. The number of ether oxygens (including phenoxy) is 2. The van der Waals surface area contributed by atoms with Gasteiger partial charge in [0, 0.05) is 18.3 Å². The number of methoxy groups -OCH3 is 1. The number of hydrogen-bond acceptors (Lipinski definition) is 4. The van der Waals surface area contributed by atoms with Gasteiger partial charge < -0.3 is 20.1 Å². The summed E-state index contributed by atoms with van der Waals surface area (Å²) in [5.74, 6) is 3.91. The van der Waals surface area contributed by atoms with E-state index in [0.717, 1.165) is 43.5 Å². The molecule has 0 aliphatic carbocycles. The molecular weight excluding hydrogens is 449 g/mol. The fourth-order valence-corrected chi connectivity index (χ4v) is 3.64. The predicted octanol–water partition coefficient (Wildman–Crippen LogP) is 3.53. The molecule has 0 amide bonds. The van der Waals surface area contributed by atoms with Gasteiger partial charge in [0.15, 0.2) is 5.96 Å². The molecule has 1 saturated heterocycles. The highest BCUT2D eigenvalue weighted by Crippen LogP contribution is 2.26. The van der Waals surface area contributed by atoms with Gasteiger partial charge in [0.1, 0.15) is 11.5 Å². The minimum Gasteiger partial charge on any atom is -0.497 e. The molecule has 0 saturated carbocycles. The van der Waals surface area contributed by atoms with Gasteiger partial charge in [0.2, 0.25) is 0 Å². The third-order valence-electron chi connectivity index (χ3n) is 3.76. The number of rotatable bonds is 9. The van der Waals surface area contributed by atoms with Crippen molar-refractivity contribution in [3.8, 4) is 11.5 Å². The third-order valence-corrected chi connectivity index (χ3v) is 5.14. The van der Waals surface area contributed by atoms with Crippen molar-refractivity contribution in [3.05, 3.63) is 24.3 Å². The second kappa shape index (κ2) is 13.4. The van der Waals surface area contributed by atoms with Crippen LogP contribution < -0.4 is 20.1 Å². The molecule has 1 fully saturated rings. The second-order valence-electron chi connectivity index (χ2n) is 5.66. The molecule has 5 nitrogen and oxygen atoms in total. The first-order chi connectivity index (χ1) is 11.8. The SMILES string of the molecule is CCNC(=NCC1CCCS1)NCCCOc1ccc(OC)cc1.I. The van der Waals surface area contributed by atoms with Gasteiger partial charge in [-0.05, 0) is 56.2 Å². The summed E-state index contributed by atoms with van der Waals surface area (Å²) < 4.78 is 10.9. The number of nitrogens with zero attached hydrogens (tertiary/aromatic N) is 1. The zero-order valence-electron chi connectivity index (χ0n) is 15.1. The Morgan fingerprint density at radius 3 is 2.64 bits per heavy atom. The number of nitrogens with one attached hydrogen (secondary N) is 2. The Kier molecular flexibility index (Phi) is 11.9. The standard InChI is InChI=1S/C18H29N3O2S.HI/c1-3-19-18(21-14-17-6-4-13-24-17)20-11-5-12-23-16-9-7-15(22-2)8-10-16;/h7-10,17H,3-6,11-14H2,1-2H3,(H2,19,20,21);1H. The summed E-state index contributed by atoms with van der Waals surface area (Å²) in [5, 5.41) is 7.37. The van der Waals surface area contributed by atoms with Crippen LogP contribution in [0.2, 0.25) is 0 Å². The van der Waals surface area contributed by atoms with E-state index in [4.69, 9.17) is 9.47 Å². The number of guanidine groups is 1. The third kappa shape index (κ3) is 8.89. The van der Waals surface area contributed by atoms with Crippen LogP contribution in [0, 0.1) is 0 Å². The number of hydrogen-bond donors (Lipinski definition) is 2. The van der Waals surface area contributed by atoms with E-state index in [1.165, 1.54) is 18.6 Å². The number of thioether (sulfide) groups is 1. The minimum absolute atomic E-state index is 0. The van der Waals surface area contributed by atoms with E-state index in [0.29, 0.717) is 11.9 Å². The van der Waals surface area contributed by atoms with Crippen molar-refractivity contribution in [2.75, 3.05) is 39.1 Å². The molecule has 2 N–H and O–H groups in total. The first kappa shape index (κ1) is 22.2. The molecule has 1 aliphatic heterocycles. The van der Waals surface area contributed by atoms with Crippen LogP contribution in [0.1, 0.15) is 26.2 Å². The summed E-state index contributed by atoms with van der Waals surface area (Å²) in [7, 11) is 1.66. The van der Waals surface area contributed by atoms with Crippen LogP contribution in [0.5, 0.6) is 11.5 Å². The molecule has 0 aromatic heterocycles. The van der Waals surface area contributed by atoms with Crippen molar-refractivity contribution >= 4 is 41.7 Å². The largest absolute Gasteiger partial charge is 0.497 e. The van der Waals surface area contributed by atoms with Gasteiger partial charge in [0.25, 0.3) is 0 Å². The molecule has 7 heteroatoms. The highest BCUT2D eigenvalue weighted by molar-refractivity contribution is 14.0. The molecule has 1 aromatic rings. The lowest BCUT2D eigenvalue weighted by Gasteiger charge is -2.13. The zero-order valence-corrected chi connectivity index (χ0v) is 18.3. The van der Waals surface area contributed by atoms with Crippen molar-refractivity contribution < 1.29 is 9.47 Å². The van der Waals surface area contributed by atoms with Crippen LogP contribution >= 0.6 is 35.7 Å². The molecule has 2 rings (SSSR count).